The molecule has 0 radical (unpaired) electrons. The van der Waals surface area contributed by atoms with Crippen LogP contribution in [0.2, 0.25) is 0 Å². The summed E-state index contributed by atoms with van der Waals surface area (Å²) in [6, 6.07) is 9.16. The highest BCUT2D eigenvalue weighted by Crippen LogP contribution is 2.51. The van der Waals surface area contributed by atoms with Crippen LogP contribution in [0, 0.1) is 11.7 Å². The van der Waals surface area contributed by atoms with Crippen LogP contribution in [0.15, 0.2) is 48.8 Å². The number of rotatable bonds is 5. The average molecular weight is 334 g/mol. The highest BCUT2D eigenvalue weighted by molar-refractivity contribution is 7.94. The molecule has 122 valence electrons. The van der Waals surface area contributed by atoms with Crippen LogP contribution in [0.5, 0.6) is 0 Å². The maximum Gasteiger partial charge on any atom is 0.241 e. The molecule has 4 nitrogen and oxygen atoms in total. The molecule has 0 aliphatic heterocycles. The highest BCUT2D eigenvalue weighted by atomic mass is 32.2. The van der Waals surface area contributed by atoms with E-state index in [2.05, 4.69) is 4.98 Å². The van der Waals surface area contributed by atoms with Crippen molar-refractivity contribution in [2.45, 2.75) is 31.6 Å². The zero-order valence-corrected chi connectivity index (χ0v) is 13.9. The molecule has 3 rings (SSSR count). The Bertz CT molecular complexity index is 793. The van der Waals surface area contributed by atoms with E-state index in [1.54, 1.807) is 25.4 Å². The zero-order chi connectivity index (χ0) is 16.7. The Morgan fingerprint density at radius 3 is 2.48 bits per heavy atom. The second-order valence-corrected chi connectivity index (χ2v) is 8.59. The van der Waals surface area contributed by atoms with Crippen molar-refractivity contribution >= 4 is 15.7 Å². The molecular weight excluding hydrogens is 315 g/mol. The van der Waals surface area contributed by atoms with Crippen molar-refractivity contribution in [2.75, 3.05) is 4.31 Å². The molecule has 0 amide bonds. The standard InChI is InChI=1S/C17H19FN2O2S/c1-13-10-17(13,2)23(21,22)20(12-14-4-3-9-19-11-14)16-7-5-15(18)6-8-16/h3-9,11,13H,10,12H2,1-2H3/t13-,17-/m1/s1. The van der Waals surface area contributed by atoms with Gasteiger partial charge in [-0.2, -0.15) is 0 Å². The molecule has 0 spiro atoms. The molecule has 0 unspecified atom stereocenters. The first kappa shape index (κ1) is 15.9. The predicted molar refractivity (Wildman–Crippen MR) is 87.9 cm³/mol. The van der Waals surface area contributed by atoms with Crippen molar-refractivity contribution in [3.05, 3.63) is 60.2 Å². The van der Waals surface area contributed by atoms with Gasteiger partial charge in [0.2, 0.25) is 10.0 Å². The molecule has 1 saturated carbocycles. The Morgan fingerprint density at radius 1 is 1.30 bits per heavy atom. The summed E-state index contributed by atoms with van der Waals surface area (Å²) in [6.07, 6.45) is 3.93. The topological polar surface area (TPSA) is 50.3 Å². The fourth-order valence-electron chi connectivity index (χ4n) is 2.74. The summed E-state index contributed by atoms with van der Waals surface area (Å²) in [6.45, 7) is 3.89. The Hall–Kier alpha value is -1.95. The van der Waals surface area contributed by atoms with Crippen molar-refractivity contribution < 1.29 is 12.8 Å². The van der Waals surface area contributed by atoms with Gasteiger partial charge in [-0.3, -0.25) is 9.29 Å². The van der Waals surface area contributed by atoms with E-state index < -0.39 is 20.6 Å². The minimum absolute atomic E-state index is 0.115. The van der Waals surface area contributed by atoms with Crippen molar-refractivity contribution in [1.82, 2.24) is 4.98 Å². The number of benzene rings is 1. The zero-order valence-electron chi connectivity index (χ0n) is 13.1. The van der Waals surface area contributed by atoms with Crippen molar-refractivity contribution in [1.29, 1.82) is 0 Å². The van der Waals surface area contributed by atoms with Crippen molar-refractivity contribution in [2.24, 2.45) is 5.92 Å². The van der Waals surface area contributed by atoms with Gasteiger partial charge in [0, 0.05) is 12.4 Å². The van der Waals surface area contributed by atoms with Crippen LogP contribution in [0.25, 0.3) is 0 Å². The van der Waals surface area contributed by atoms with Crippen molar-refractivity contribution in [3.63, 3.8) is 0 Å². The molecule has 1 aromatic heterocycles. The molecule has 0 saturated heterocycles. The molecule has 23 heavy (non-hydrogen) atoms. The maximum atomic E-state index is 13.2. The number of aromatic nitrogens is 1. The highest BCUT2D eigenvalue weighted by Gasteiger charge is 2.59. The lowest BCUT2D eigenvalue weighted by Crippen LogP contribution is -2.39. The van der Waals surface area contributed by atoms with Gasteiger partial charge in [-0.25, -0.2) is 12.8 Å². The summed E-state index contributed by atoms with van der Waals surface area (Å²) < 4.78 is 40.1. The Labute approximate surface area is 136 Å². The predicted octanol–water partition coefficient (Wildman–Crippen LogP) is 3.36. The Kier molecular flexibility index (Phi) is 3.88. The first-order chi connectivity index (χ1) is 10.8. The first-order valence-electron chi connectivity index (χ1n) is 7.51. The van der Waals surface area contributed by atoms with Crippen LogP contribution in [-0.2, 0) is 16.6 Å². The van der Waals surface area contributed by atoms with Crippen LogP contribution in [0.1, 0.15) is 25.8 Å². The van der Waals surface area contributed by atoms with E-state index in [1.807, 2.05) is 13.0 Å². The molecule has 1 aliphatic carbocycles. The van der Waals surface area contributed by atoms with E-state index >= 15 is 0 Å². The van der Waals surface area contributed by atoms with Gasteiger partial charge in [0.1, 0.15) is 5.82 Å². The molecule has 1 aromatic carbocycles. The van der Waals surface area contributed by atoms with E-state index in [9.17, 15) is 12.8 Å². The van der Waals surface area contributed by atoms with Gasteiger partial charge < -0.3 is 0 Å². The quantitative estimate of drug-likeness (QED) is 0.842. The maximum absolute atomic E-state index is 13.2. The van der Waals surface area contributed by atoms with E-state index in [4.69, 9.17) is 0 Å². The first-order valence-corrected chi connectivity index (χ1v) is 8.95. The van der Waals surface area contributed by atoms with Crippen molar-refractivity contribution in [3.8, 4) is 0 Å². The van der Waals surface area contributed by atoms with Gasteiger partial charge in [0.15, 0.2) is 0 Å². The van der Waals surface area contributed by atoms with Crippen LogP contribution in [0.4, 0.5) is 10.1 Å². The normalized spacial score (nSPS) is 23.5. The summed E-state index contributed by atoms with van der Waals surface area (Å²) >= 11 is 0. The summed E-state index contributed by atoms with van der Waals surface area (Å²) in [5.74, 6) is -0.275. The Balaban J connectivity index is 2.02. The molecule has 0 N–H and O–H groups in total. The molecule has 1 heterocycles. The molecule has 1 aliphatic rings. The lowest BCUT2D eigenvalue weighted by atomic mass is 10.2. The number of anilines is 1. The Morgan fingerprint density at radius 2 is 1.96 bits per heavy atom. The van der Waals surface area contributed by atoms with Crippen LogP contribution >= 0.6 is 0 Å². The number of halogens is 1. The monoisotopic (exact) mass is 334 g/mol. The summed E-state index contributed by atoms with van der Waals surface area (Å²) in [7, 11) is -3.56. The number of hydrogen-bond acceptors (Lipinski definition) is 3. The SMILES string of the molecule is C[C@@H]1C[C@@]1(C)S(=O)(=O)N(Cc1cccnc1)c1ccc(F)cc1. The fraction of sp³-hybridized carbons (Fsp3) is 0.353. The van der Waals surface area contributed by atoms with Gasteiger partial charge in [-0.1, -0.05) is 13.0 Å². The summed E-state index contributed by atoms with van der Waals surface area (Å²) in [5, 5.41) is 0. The van der Waals surface area contributed by atoms with E-state index in [-0.39, 0.29) is 12.5 Å². The third-order valence-electron chi connectivity index (χ3n) is 4.64. The second-order valence-electron chi connectivity index (χ2n) is 6.27. The molecular formula is C17H19FN2O2S. The average Bonchev–Trinajstić information content (AvgIpc) is 3.16. The minimum Gasteiger partial charge on any atom is -0.265 e. The van der Waals surface area contributed by atoms with Gasteiger partial charge >= 0.3 is 0 Å². The van der Waals surface area contributed by atoms with E-state index in [0.29, 0.717) is 12.1 Å². The van der Waals surface area contributed by atoms with Crippen LogP contribution in [-0.4, -0.2) is 18.1 Å². The van der Waals surface area contributed by atoms with Gasteiger partial charge in [0.25, 0.3) is 0 Å². The number of sulfonamides is 1. The summed E-state index contributed by atoms with van der Waals surface area (Å²) in [4.78, 5) is 4.04. The molecule has 1 fully saturated rings. The second kappa shape index (κ2) is 5.60. The lowest BCUT2D eigenvalue weighted by Gasteiger charge is -2.28. The van der Waals surface area contributed by atoms with Crippen LogP contribution < -0.4 is 4.31 Å². The largest absolute Gasteiger partial charge is 0.265 e. The van der Waals surface area contributed by atoms with Crippen LogP contribution in [0.3, 0.4) is 0 Å². The smallest absolute Gasteiger partial charge is 0.241 e. The summed E-state index contributed by atoms with van der Waals surface area (Å²) in [5.41, 5.74) is 1.26. The van der Waals surface area contributed by atoms with Gasteiger partial charge in [-0.05, 0) is 55.2 Å². The van der Waals surface area contributed by atoms with Gasteiger partial charge in [-0.15, -0.1) is 0 Å². The third-order valence-corrected chi connectivity index (χ3v) is 7.30. The number of hydrogen-bond donors (Lipinski definition) is 0. The molecule has 0 bridgehead atoms. The number of nitrogens with zero attached hydrogens (tertiary/aromatic N) is 2. The minimum atomic E-state index is -3.56. The van der Waals surface area contributed by atoms with E-state index in [1.165, 1.54) is 28.6 Å². The van der Waals surface area contributed by atoms with Gasteiger partial charge in [0.05, 0.1) is 17.0 Å². The molecule has 2 aromatic rings. The molecule has 2 atom stereocenters. The number of pyridine rings is 1. The third kappa shape index (κ3) is 2.83. The lowest BCUT2D eigenvalue weighted by molar-refractivity contribution is 0.570. The fourth-order valence-corrected chi connectivity index (χ4v) is 4.93. The molecule has 6 heteroatoms. The van der Waals surface area contributed by atoms with E-state index in [0.717, 1.165) is 5.56 Å².